The zero-order valence-corrected chi connectivity index (χ0v) is 14.9. The first-order valence-corrected chi connectivity index (χ1v) is 8.71. The van der Waals surface area contributed by atoms with Crippen LogP contribution < -0.4 is 0 Å². The summed E-state index contributed by atoms with van der Waals surface area (Å²) in [5, 5.41) is 2.39. The zero-order chi connectivity index (χ0) is 17.4. The van der Waals surface area contributed by atoms with Crippen LogP contribution in [0, 0.1) is 26.8 Å². The van der Waals surface area contributed by atoms with Crippen molar-refractivity contribution in [2.45, 2.75) is 20.8 Å². The quantitative estimate of drug-likeness (QED) is 0.377. The van der Waals surface area contributed by atoms with Crippen molar-refractivity contribution in [2.75, 3.05) is 0 Å². The Balaban J connectivity index is 2.03. The second-order valence-corrected chi connectivity index (χ2v) is 6.83. The van der Waals surface area contributed by atoms with Crippen molar-refractivity contribution in [3.63, 3.8) is 0 Å². The lowest BCUT2D eigenvalue weighted by molar-refractivity contribution is 1.38. The number of fused-ring (bicyclic) bond motifs is 1. The number of aryl methyl sites for hydroxylation is 3. The van der Waals surface area contributed by atoms with E-state index in [9.17, 15) is 0 Å². The number of hydrogen-bond acceptors (Lipinski definition) is 0. The van der Waals surface area contributed by atoms with Crippen LogP contribution in [-0.2, 0) is 0 Å². The third-order valence-electron chi connectivity index (χ3n) is 4.80. The van der Waals surface area contributed by atoms with E-state index in [0.717, 1.165) is 5.39 Å². The lowest BCUT2D eigenvalue weighted by atomic mass is 9.89. The minimum atomic E-state index is 1.16. The Kier molecular flexibility index (Phi) is 3.89. The predicted octanol–water partition coefficient (Wildman–Crippen LogP) is 6.90. The summed E-state index contributed by atoms with van der Waals surface area (Å²) in [7, 11) is 0. The molecule has 0 atom stereocenters. The molecule has 1 radical (unpaired) electrons. The molecule has 0 nitrogen and oxygen atoms in total. The minimum absolute atomic E-state index is 1.16. The summed E-state index contributed by atoms with van der Waals surface area (Å²) in [6.45, 7) is 6.45. The largest absolute Gasteiger partial charge is 0.0616 e. The van der Waals surface area contributed by atoms with Crippen LogP contribution in [-0.4, -0.2) is 0 Å². The van der Waals surface area contributed by atoms with E-state index >= 15 is 0 Å². The van der Waals surface area contributed by atoms with Crippen LogP contribution >= 0.6 is 0 Å². The molecule has 121 valence electrons. The van der Waals surface area contributed by atoms with Gasteiger partial charge in [0.25, 0.3) is 0 Å². The van der Waals surface area contributed by atoms with Crippen LogP contribution in [0.15, 0.2) is 72.8 Å². The van der Waals surface area contributed by atoms with Crippen LogP contribution in [0.1, 0.15) is 16.7 Å². The molecule has 4 rings (SSSR count). The SMILES string of the molecule is Cc1ccc(-c2cc3ccccc3[c]c2-c2ccc(C)cc2C)cc1. The van der Waals surface area contributed by atoms with Gasteiger partial charge >= 0.3 is 0 Å². The fourth-order valence-corrected chi connectivity index (χ4v) is 3.43. The van der Waals surface area contributed by atoms with Gasteiger partial charge in [0.05, 0.1) is 0 Å². The second kappa shape index (κ2) is 6.22. The van der Waals surface area contributed by atoms with E-state index in [0.29, 0.717) is 0 Å². The highest BCUT2D eigenvalue weighted by Gasteiger charge is 2.12. The highest BCUT2D eigenvalue weighted by molar-refractivity contribution is 5.96. The summed E-state index contributed by atoms with van der Waals surface area (Å²) >= 11 is 0. The van der Waals surface area contributed by atoms with Gasteiger partial charge in [0.15, 0.2) is 0 Å². The summed E-state index contributed by atoms with van der Waals surface area (Å²) in [6.07, 6.45) is 0. The van der Waals surface area contributed by atoms with Gasteiger partial charge in [-0.3, -0.25) is 0 Å². The molecule has 0 saturated heterocycles. The van der Waals surface area contributed by atoms with Gasteiger partial charge in [-0.25, -0.2) is 0 Å². The lowest BCUT2D eigenvalue weighted by Gasteiger charge is -2.15. The average molecular weight is 321 g/mol. The van der Waals surface area contributed by atoms with E-state index in [1.807, 2.05) is 0 Å². The molecule has 0 unspecified atom stereocenters. The Morgan fingerprint density at radius 3 is 2.12 bits per heavy atom. The smallest absolute Gasteiger partial charge is 0.000776 e. The van der Waals surface area contributed by atoms with Crippen molar-refractivity contribution in [3.05, 3.63) is 95.6 Å². The van der Waals surface area contributed by atoms with Crippen molar-refractivity contribution in [2.24, 2.45) is 0 Å². The number of hydrogen-bond donors (Lipinski definition) is 0. The molecule has 0 saturated carbocycles. The van der Waals surface area contributed by atoms with E-state index < -0.39 is 0 Å². The number of benzene rings is 4. The van der Waals surface area contributed by atoms with Crippen molar-refractivity contribution in [1.82, 2.24) is 0 Å². The molecule has 0 aliphatic carbocycles. The van der Waals surface area contributed by atoms with Gasteiger partial charge in [-0.1, -0.05) is 77.9 Å². The third-order valence-corrected chi connectivity index (χ3v) is 4.80. The van der Waals surface area contributed by atoms with Crippen molar-refractivity contribution >= 4 is 10.8 Å². The fraction of sp³-hybridized carbons (Fsp3) is 0.120. The average Bonchev–Trinajstić information content (AvgIpc) is 2.61. The topological polar surface area (TPSA) is 0 Å². The Hall–Kier alpha value is -2.86. The van der Waals surface area contributed by atoms with Crippen LogP contribution in [0.4, 0.5) is 0 Å². The summed E-state index contributed by atoms with van der Waals surface area (Å²) in [5.41, 5.74) is 8.78. The van der Waals surface area contributed by atoms with Crippen molar-refractivity contribution in [3.8, 4) is 22.3 Å². The maximum absolute atomic E-state index is 3.69. The second-order valence-electron chi connectivity index (χ2n) is 6.83. The van der Waals surface area contributed by atoms with E-state index in [1.165, 1.54) is 44.3 Å². The van der Waals surface area contributed by atoms with Crippen LogP contribution in [0.5, 0.6) is 0 Å². The Bertz CT molecular complexity index is 1050. The summed E-state index contributed by atoms with van der Waals surface area (Å²) in [5.74, 6) is 0. The molecule has 0 N–H and O–H groups in total. The maximum atomic E-state index is 3.69. The van der Waals surface area contributed by atoms with Crippen molar-refractivity contribution < 1.29 is 0 Å². The molecule has 0 heteroatoms. The van der Waals surface area contributed by atoms with E-state index in [-0.39, 0.29) is 0 Å². The molecule has 4 aromatic rings. The van der Waals surface area contributed by atoms with Crippen LogP contribution in [0.3, 0.4) is 0 Å². The molecule has 0 aliphatic heterocycles. The first-order valence-electron chi connectivity index (χ1n) is 8.71. The normalized spacial score (nSPS) is 11.0. The molecule has 0 spiro atoms. The van der Waals surface area contributed by atoms with Crippen LogP contribution in [0.25, 0.3) is 33.0 Å². The van der Waals surface area contributed by atoms with Gasteiger partial charge in [-0.2, -0.15) is 0 Å². The predicted molar refractivity (Wildman–Crippen MR) is 108 cm³/mol. The molecule has 0 fully saturated rings. The zero-order valence-electron chi connectivity index (χ0n) is 14.9. The molecular formula is C25H21. The monoisotopic (exact) mass is 321 g/mol. The molecule has 4 aromatic carbocycles. The Morgan fingerprint density at radius 1 is 0.640 bits per heavy atom. The minimum Gasteiger partial charge on any atom is -0.0616 e. The van der Waals surface area contributed by atoms with Gasteiger partial charge in [0.2, 0.25) is 0 Å². The Morgan fingerprint density at radius 2 is 1.36 bits per heavy atom. The summed E-state index contributed by atoms with van der Waals surface area (Å²) in [6, 6.07) is 29.9. The van der Waals surface area contributed by atoms with E-state index in [2.05, 4.69) is 99.6 Å². The fourth-order valence-electron chi connectivity index (χ4n) is 3.43. The van der Waals surface area contributed by atoms with Gasteiger partial charge in [-0.05, 0) is 71.5 Å². The first kappa shape index (κ1) is 15.7. The van der Waals surface area contributed by atoms with Gasteiger partial charge in [-0.15, -0.1) is 0 Å². The summed E-state index contributed by atoms with van der Waals surface area (Å²) < 4.78 is 0. The number of rotatable bonds is 2. The van der Waals surface area contributed by atoms with Gasteiger partial charge in [0, 0.05) is 0 Å². The van der Waals surface area contributed by atoms with Crippen molar-refractivity contribution in [1.29, 1.82) is 0 Å². The molecule has 0 bridgehead atoms. The maximum Gasteiger partial charge on any atom is -0.000776 e. The molecule has 0 heterocycles. The van der Waals surface area contributed by atoms with Gasteiger partial charge < -0.3 is 0 Å². The molecule has 25 heavy (non-hydrogen) atoms. The first-order chi connectivity index (χ1) is 12.1. The van der Waals surface area contributed by atoms with E-state index in [1.54, 1.807) is 0 Å². The van der Waals surface area contributed by atoms with Crippen LogP contribution in [0.2, 0.25) is 0 Å². The van der Waals surface area contributed by atoms with Gasteiger partial charge in [0.1, 0.15) is 0 Å². The molecular weight excluding hydrogens is 300 g/mol. The third kappa shape index (κ3) is 2.96. The molecule has 0 amide bonds. The standard InChI is InChI=1S/C25H21/c1-17-8-11-20(12-9-17)24-15-21-6-4-5-7-22(21)16-25(24)23-13-10-18(2)14-19(23)3/h4-15H,1-3H3. The highest BCUT2D eigenvalue weighted by atomic mass is 14.2. The lowest BCUT2D eigenvalue weighted by Crippen LogP contribution is -1.91. The molecule has 0 aromatic heterocycles. The Labute approximate surface area is 149 Å². The summed E-state index contributed by atoms with van der Waals surface area (Å²) in [4.78, 5) is 0. The molecule has 0 aliphatic rings. The van der Waals surface area contributed by atoms with E-state index in [4.69, 9.17) is 0 Å². The highest BCUT2D eigenvalue weighted by Crippen LogP contribution is 2.37.